The number of primary amides is 1. The lowest BCUT2D eigenvalue weighted by atomic mass is 10.0. The molecule has 0 aromatic carbocycles. The third-order valence-electron chi connectivity index (χ3n) is 2.26. The Morgan fingerprint density at radius 1 is 1.25 bits per heavy atom. The number of esters is 1. The number of nitrogens with two attached hydrogens (primary N) is 1. The second kappa shape index (κ2) is 7.00. The molecule has 0 bridgehead atoms. The highest BCUT2D eigenvalue weighted by molar-refractivity contribution is 6.01. The van der Waals surface area contributed by atoms with E-state index in [0.29, 0.717) is 30.5 Å². The Morgan fingerprint density at radius 3 is 2.12 bits per heavy atom. The lowest BCUT2D eigenvalue weighted by molar-refractivity contribution is -0.136. The highest BCUT2D eigenvalue weighted by Gasteiger charge is 2.18. The summed E-state index contributed by atoms with van der Waals surface area (Å²) in [6, 6.07) is 0. The van der Waals surface area contributed by atoms with Gasteiger partial charge in [-0.05, 0) is 26.9 Å². The summed E-state index contributed by atoms with van der Waals surface area (Å²) in [5, 5.41) is 0. The van der Waals surface area contributed by atoms with Crippen molar-refractivity contribution in [3.05, 3.63) is 11.1 Å². The van der Waals surface area contributed by atoms with Crippen molar-refractivity contribution < 1.29 is 14.3 Å². The second-order valence-corrected chi connectivity index (χ2v) is 3.72. The van der Waals surface area contributed by atoms with Crippen LogP contribution in [0.2, 0.25) is 0 Å². The number of ether oxygens (including phenoxy) is 1. The molecule has 0 aliphatic carbocycles. The van der Waals surface area contributed by atoms with E-state index in [1.807, 2.05) is 19.0 Å². The van der Waals surface area contributed by atoms with Crippen LogP contribution in [0.1, 0.15) is 19.8 Å². The highest BCUT2D eigenvalue weighted by Crippen LogP contribution is 2.14. The molecule has 0 heterocycles. The van der Waals surface area contributed by atoms with Crippen LogP contribution in [-0.4, -0.2) is 44.5 Å². The van der Waals surface area contributed by atoms with E-state index in [1.165, 1.54) is 7.11 Å². The molecule has 0 saturated carbocycles. The van der Waals surface area contributed by atoms with Crippen molar-refractivity contribution in [2.45, 2.75) is 19.8 Å². The van der Waals surface area contributed by atoms with Crippen molar-refractivity contribution in [3.63, 3.8) is 0 Å². The Balaban J connectivity index is 5.03. The smallest absolute Gasteiger partial charge is 0.334 e. The zero-order valence-electron chi connectivity index (χ0n) is 10.4. The molecule has 0 saturated heterocycles. The molecule has 1 amide bonds. The van der Waals surface area contributed by atoms with Gasteiger partial charge in [-0.2, -0.15) is 0 Å². The van der Waals surface area contributed by atoms with Crippen LogP contribution < -0.4 is 5.73 Å². The van der Waals surface area contributed by atoms with Crippen molar-refractivity contribution in [3.8, 4) is 0 Å². The summed E-state index contributed by atoms with van der Waals surface area (Å²) in [4.78, 5) is 24.6. The standard InChI is InChI=1S/C11H20N2O3/c1-5-8(10(12)14)9(11(15)16-4)6-7-13(2)3/h5-7H2,1-4H3,(H2,12,14). The molecule has 5 nitrogen and oxygen atoms in total. The van der Waals surface area contributed by atoms with Gasteiger partial charge in [0, 0.05) is 17.7 Å². The minimum absolute atomic E-state index is 0.355. The predicted octanol–water partition coefficient (Wildman–Crippen LogP) is 0.303. The molecule has 92 valence electrons. The molecule has 0 unspecified atom stereocenters. The molecule has 0 fully saturated rings. The molecule has 0 aliphatic rings. The molecule has 2 N–H and O–H groups in total. The van der Waals surface area contributed by atoms with Gasteiger partial charge in [-0.1, -0.05) is 6.92 Å². The molecular weight excluding hydrogens is 208 g/mol. The first-order valence-electron chi connectivity index (χ1n) is 5.18. The van der Waals surface area contributed by atoms with Crippen LogP contribution in [0.25, 0.3) is 0 Å². The number of nitrogens with zero attached hydrogens (tertiary/aromatic N) is 1. The molecular formula is C11H20N2O3. The van der Waals surface area contributed by atoms with E-state index in [0.717, 1.165) is 0 Å². The summed E-state index contributed by atoms with van der Waals surface area (Å²) in [5.74, 6) is -1.03. The summed E-state index contributed by atoms with van der Waals surface area (Å²) >= 11 is 0. The van der Waals surface area contributed by atoms with E-state index >= 15 is 0 Å². The number of carbonyl (C=O) groups is 2. The fraction of sp³-hybridized carbons (Fsp3) is 0.636. The zero-order chi connectivity index (χ0) is 12.7. The molecule has 0 aromatic heterocycles. The van der Waals surface area contributed by atoms with E-state index in [9.17, 15) is 9.59 Å². The summed E-state index contributed by atoms with van der Waals surface area (Å²) in [6.07, 6.45) is 0.902. The maximum atomic E-state index is 11.5. The van der Waals surface area contributed by atoms with Crippen LogP contribution in [0.5, 0.6) is 0 Å². The molecule has 16 heavy (non-hydrogen) atoms. The van der Waals surface area contributed by atoms with E-state index < -0.39 is 11.9 Å². The van der Waals surface area contributed by atoms with Crippen LogP contribution in [0.15, 0.2) is 11.1 Å². The van der Waals surface area contributed by atoms with Gasteiger partial charge < -0.3 is 15.4 Å². The van der Waals surface area contributed by atoms with Crippen molar-refractivity contribution >= 4 is 11.9 Å². The number of rotatable bonds is 6. The van der Waals surface area contributed by atoms with E-state index in [1.54, 1.807) is 6.92 Å². The molecule has 0 spiro atoms. The lowest BCUT2D eigenvalue weighted by Gasteiger charge is -2.13. The van der Waals surface area contributed by atoms with Crippen molar-refractivity contribution in [2.24, 2.45) is 5.73 Å². The zero-order valence-corrected chi connectivity index (χ0v) is 10.4. The van der Waals surface area contributed by atoms with Crippen molar-refractivity contribution in [1.29, 1.82) is 0 Å². The van der Waals surface area contributed by atoms with Gasteiger partial charge in [0.05, 0.1) is 7.11 Å². The minimum Gasteiger partial charge on any atom is -0.466 e. The Bertz CT molecular complexity index is 296. The molecule has 5 heteroatoms. The van der Waals surface area contributed by atoms with Crippen LogP contribution >= 0.6 is 0 Å². The van der Waals surface area contributed by atoms with E-state index in [-0.39, 0.29) is 0 Å². The predicted molar refractivity (Wildman–Crippen MR) is 61.7 cm³/mol. The molecule has 0 rings (SSSR count). The number of methoxy groups -OCH3 is 1. The number of carbonyl (C=O) groups excluding carboxylic acids is 2. The molecule has 0 radical (unpaired) electrons. The normalized spacial score (nSPS) is 12.3. The maximum Gasteiger partial charge on any atom is 0.334 e. The van der Waals surface area contributed by atoms with Crippen molar-refractivity contribution in [1.82, 2.24) is 4.90 Å². The monoisotopic (exact) mass is 228 g/mol. The van der Waals surface area contributed by atoms with Gasteiger partial charge in [-0.3, -0.25) is 4.79 Å². The summed E-state index contributed by atoms with van der Waals surface area (Å²) in [6.45, 7) is 2.46. The third kappa shape index (κ3) is 4.44. The van der Waals surface area contributed by atoms with Gasteiger partial charge in [-0.15, -0.1) is 0 Å². The van der Waals surface area contributed by atoms with Gasteiger partial charge >= 0.3 is 5.97 Å². The molecule has 0 aliphatic heterocycles. The summed E-state index contributed by atoms with van der Waals surface area (Å²) in [5.41, 5.74) is 5.96. The first-order chi connectivity index (χ1) is 7.43. The van der Waals surface area contributed by atoms with E-state index in [4.69, 9.17) is 5.73 Å². The quantitative estimate of drug-likeness (QED) is 0.524. The number of hydrogen-bond donors (Lipinski definition) is 1. The summed E-state index contributed by atoms with van der Waals surface area (Å²) < 4.78 is 4.65. The Kier molecular flexibility index (Phi) is 6.41. The molecule has 0 aromatic rings. The first-order valence-corrected chi connectivity index (χ1v) is 5.18. The van der Waals surface area contributed by atoms with Gasteiger partial charge in [0.15, 0.2) is 0 Å². The van der Waals surface area contributed by atoms with Gasteiger partial charge in [0.25, 0.3) is 0 Å². The summed E-state index contributed by atoms with van der Waals surface area (Å²) in [7, 11) is 5.09. The second-order valence-electron chi connectivity index (χ2n) is 3.72. The van der Waals surface area contributed by atoms with Crippen molar-refractivity contribution in [2.75, 3.05) is 27.7 Å². The average molecular weight is 228 g/mol. The highest BCUT2D eigenvalue weighted by atomic mass is 16.5. The largest absolute Gasteiger partial charge is 0.466 e. The van der Waals surface area contributed by atoms with Gasteiger partial charge in [0.2, 0.25) is 5.91 Å². The first kappa shape index (κ1) is 14.6. The van der Waals surface area contributed by atoms with Crippen LogP contribution in [0.3, 0.4) is 0 Å². The van der Waals surface area contributed by atoms with Gasteiger partial charge in [0.1, 0.15) is 0 Å². The third-order valence-corrected chi connectivity index (χ3v) is 2.26. The van der Waals surface area contributed by atoms with Crippen LogP contribution in [0, 0.1) is 0 Å². The number of amides is 1. The SMILES string of the molecule is CCC(C(N)=O)=C(CCN(C)C)C(=O)OC. The Morgan fingerprint density at radius 2 is 1.81 bits per heavy atom. The maximum absolute atomic E-state index is 11.5. The van der Waals surface area contributed by atoms with Crippen LogP contribution in [0.4, 0.5) is 0 Å². The van der Waals surface area contributed by atoms with E-state index in [2.05, 4.69) is 4.74 Å². The van der Waals surface area contributed by atoms with Gasteiger partial charge in [-0.25, -0.2) is 4.79 Å². The fourth-order valence-corrected chi connectivity index (χ4v) is 1.37. The fourth-order valence-electron chi connectivity index (χ4n) is 1.37. The lowest BCUT2D eigenvalue weighted by Crippen LogP contribution is -2.22. The average Bonchev–Trinajstić information content (AvgIpc) is 2.22. The van der Waals surface area contributed by atoms with Crippen LogP contribution in [-0.2, 0) is 14.3 Å². The Labute approximate surface area is 96.2 Å². The topological polar surface area (TPSA) is 72.6 Å². The minimum atomic E-state index is -0.554. The molecule has 0 atom stereocenters. The Hall–Kier alpha value is -1.36. The number of hydrogen-bond acceptors (Lipinski definition) is 4.